The first kappa shape index (κ1) is 31.0. The summed E-state index contributed by atoms with van der Waals surface area (Å²) in [6, 6.07) is 28.9. The first-order valence-corrected chi connectivity index (χ1v) is 18.3. The Hall–Kier alpha value is -1.90. The van der Waals surface area contributed by atoms with Gasteiger partial charge in [0.15, 0.2) is 0 Å². The zero-order chi connectivity index (χ0) is 26.8. The van der Waals surface area contributed by atoms with E-state index < -0.39 is 8.07 Å². The van der Waals surface area contributed by atoms with Crippen molar-refractivity contribution >= 4 is 19.3 Å². The van der Waals surface area contributed by atoms with E-state index in [-0.39, 0.29) is 24.8 Å². The molecule has 1 aromatic heterocycles. The second-order valence-corrected chi connectivity index (χ2v) is 17.6. The fourth-order valence-electron chi connectivity index (χ4n) is 7.15. The van der Waals surface area contributed by atoms with E-state index in [1.54, 1.807) is 46.7 Å². The number of aromatic nitrogens is 1. The van der Waals surface area contributed by atoms with E-state index in [0.717, 1.165) is 12.0 Å². The third kappa shape index (κ3) is 4.82. The molecule has 0 saturated carbocycles. The Balaban J connectivity index is 0.000000176. The Morgan fingerprint density at radius 2 is 1.50 bits per heavy atom. The summed E-state index contributed by atoms with van der Waals surface area (Å²) in [5.41, 5.74) is 16.8. The van der Waals surface area contributed by atoms with Crippen LogP contribution in [0.3, 0.4) is 0 Å². The molecule has 0 amide bonds. The summed E-state index contributed by atoms with van der Waals surface area (Å²) in [5, 5.41) is 1.73. The van der Waals surface area contributed by atoms with Crippen LogP contribution in [0, 0.1) is 6.92 Å². The molecule has 203 valence electrons. The van der Waals surface area contributed by atoms with Gasteiger partial charge in [-0.2, -0.15) is 0 Å². The minimum absolute atomic E-state index is 0. The summed E-state index contributed by atoms with van der Waals surface area (Å²) in [6.45, 7) is 14.1. The van der Waals surface area contributed by atoms with Crippen molar-refractivity contribution in [2.75, 3.05) is 0 Å². The Morgan fingerprint density at radius 1 is 0.825 bits per heavy atom. The van der Waals surface area contributed by atoms with E-state index in [0.29, 0.717) is 3.63 Å². The number of allylic oxidation sites excluding steroid dienone is 2. The monoisotopic (exact) mass is 658 g/mol. The molecule has 0 spiro atoms. The third-order valence-electron chi connectivity index (χ3n) is 8.92. The average Bonchev–Trinajstić information content (AvgIpc) is 3.57. The maximum atomic E-state index is 2.52. The van der Waals surface area contributed by atoms with Crippen LogP contribution in [0.25, 0.3) is 28.1 Å². The number of benzene rings is 3. The summed E-state index contributed by atoms with van der Waals surface area (Å²) in [7, 11) is -1.19. The number of rotatable bonds is 3. The molecule has 3 aromatic carbocycles. The largest absolute Gasteiger partial charge is 1.00 e. The zero-order valence-electron chi connectivity index (χ0n) is 24.1. The molecule has 0 saturated heterocycles. The SMILES string of the molecule is CC1=C2c3cc(C)n(-c4ccccc4)c3C1[Si]2(C)C.CCc1ccc(-c2cccc3c2C=C(C)[CH]3[Zr+2])cc1.[Cl-].[Cl-]. The molecule has 2 unspecified atom stereocenters. The van der Waals surface area contributed by atoms with Crippen molar-refractivity contribution in [2.45, 2.75) is 56.4 Å². The molecule has 5 heteroatoms. The molecule has 40 heavy (non-hydrogen) atoms. The fraction of sp³-hybridized carbons (Fsp3) is 0.257. The van der Waals surface area contributed by atoms with Gasteiger partial charge >= 0.3 is 131 Å². The first-order chi connectivity index (χ1) is 18.2. The standard InChI is InChI=1S/C18H17.C17H19NSi.2ClH.Zr/c1-3-14-7-9-15(10-8-14)17-6-4-5-16-11-13(2)12-18(16)17;1-11-10-14-15(17-12(2)16(14)19(17,3)4)18(11)13-8-6-5-7-9-13;;;/h4-12H,3H2,1-2H3;5-10,17H,1-4H3;2*1H;/q;;;;+2/p-2. The molecule has 8 rings (SSSR count). The van der Waals surface area contributed by atoms with Crippen molar-refractivity contribution < 1.29 is 49.5 Å². The van der Waals surface area contributed by atoms with Gasteiger partial charge in [-0.05, 0) is 37.6 Å². The molecule has 0 fully saturated rings. The number of halogens is 2. The molecule has 4 aliphatic rings. The van der Waals surface area contributed by atoms with E-state index in [1.165, 1.54) is 44.8 Å². The molecule has 0 N–H and O–H groups in total. The van der Waals surface area contributed by atoms with Crippen LogP contribution in [0.15, 0.2) is 90.0 Å². The Kier molecular flexibility index (Phi) is 9.13. The number of hydrogen-bond acceptors (Lipinski definition) is 0. The number of para-hydroxylation sites is 1. The van der Waals surface area contributed by atoms with Gasteiger partial charge in [0.05, 0.1) is 8.07 Å². The van der Waals surface area contributed by atoms with Gasteiger partial charge in [-0.15, -0.1) is 0 Å². The van der Waals surface area contributed by atoms with Crippen LogP contribution >= 0.6 is 0 Å². The summed E-state index contributed by atoms with van der Waals surface area (Å²) in [5.74, 6) is 0. The smallest absolute Gasteiger partial charge is 1.00 e. The number of nitrogens with zero attached hydrogens (tertiary/aromatic N) is 1. The number of aryl methyl sites for hydroxylation is 2. The fourth-order valence-corrected chi connectivity index (χ4v) is 12.3. The van der Waals surface area contributed by atoms with Crippen LogP contribution in [0.1, 0.15) is 63.6 Å². The molecule has 2 aliphatic heterocycles. The van der Waals surface area contributed by atoms with Gasteiger partial charge in [0.1, 0.15) is 0 Å². The van der Waals surface area contributed by atoms with Crippen molar-refractivity contribution in [3.05, 3.63) is 124 Å². The van der Waals surface area contributed by atoms with Crippen molar-refractivity contribution in [3.63, 3.8) is 0 Å². The summed E-state index contributed by atoms with van der Waals surface area (Å²) in [4.78, 5) is 0. The van der Waals surface area contributed by atoms with Gasteiger partial charge in [-0.1, -0.05) is 42.1 Å². The molecular formula is C35H36Cl2NSiZr. The second-order valence-electron chi connectivity index (χ2n) is 11.6. The summed E-state index contributed by atoms with van der Waals surface area (Å²) < 4.78 is 3.13. The van der Waals surface area contributed by atoms with Crippen molar-refractivity contribution in [1.29, 1.82) is 0 Å². The number of fused-ring (bicyclic) bond motifs is 1. The van der Waals surface area contributed by atoms with Crippen LogP contribution in [-0.2, 0) is 31.1 Å². The first-order valence-electron chi connectivity index (χ1n) is 13.8. The molecule has 2 bridgehead atoms. The predicted octanol–water partition coefficient (Wildman–Crippen LogP) is 3.39. The average molecular weight is 661 g/mol. The molecule has 2 atom stereocenters. The van der Waals surface area contributed by atoms with Crippen LogP contribution in [0.4, 0.5) is 0 Å². The van der Waals surface area contributed by atoms with Gasteiger partial charge < -0.3 is 29.4 Å². The van der Waals surface area contributed by atoms with E-state index in [1.807, 2.05) is 0 Å². The topological polar surface area (TPSA) is 4.93 Å². The second kappa shape index (κ2) is 11.8. The van der Waals surface area contributed by atoms with Crippen LogP contribution in [0.5, 0.6) is 0 Å². The third-order valence-corrected chi connectivity index (χ3v) is 14.9. The summed E-state index contributed by atoms with van der Waals surface area (Å²) in [6.07, 6.45) is 3.48. The maximum Gasteiger partial charge on any atom is -1.00 e. The molecule has 0 radical (unpaired) electrons. The van der Waals surface area contributed by atoms with Gasteiger partial charge in [0.2, 0.25) is 0 Å². The zero-order valence-corrected chi connectivity index (χ0v) is 29.1. The van der Waals surface area contributed by atoms with E-state index in [4.69, 9.17) is 0 Å². The van der Waals surface area contributed by atoms with E-state index in [2.05, 4.69) is 130 Å². The minimum atomic E-state index is -1.19. The van der Waals surface area contributed by atoms with Crippen LogP contribution in [-0.4, -0.2) is 12.6 Å². The van der Waals surface area contributed by atoms with Gasteiger partial charge in [0.25, 0.3) is 0 Å². The Bertz CT molecular complexity index is 1610. The predicted molar refractivity (Wildman–Crippen MR) is 161 cm³/mol. The van der Waals surface area contributed by atoms with Crippen molar-refractivity contribution in [1.82, 2.24) is 4.57 Å². The van der Waals surface area contributed by atoms with Gasteiger partial charge in [-0.3, -0.25) is 0 Å². The molecular weight excluding hydrogens is 625 g/mol. The minimum Gasteiger partial charge on any atom is -1.00 e. The summed E-state index contributed by atoms with van der Waals surface area (Å²) >= 11 is 1.59. The maximum absolute atomic E-state index is 2.52. The van der Waals surface area contributed by atoms with Crippen molar-refractivity contribution in [2.24, 2.45) is 0 Å². The molecule has 4 aromatic rings. The van der Waals surface area contributed by atoms with Crippen LogP contribution < -0.4 is 24.8 Å². The van der Waals surface area contributed by atoms with E-state index >= 15 is 0 Å². The normalized spacial score (nSPS) is 18.9. The molecule has 2 aliphatic carbocycles. The van der Waals surface area contributed by atoms with Gasteiger partial charge in [-0.25, -0.2) is 0 Å². The molecule has 3 heterocycles. The Labute approximate surface area is 268 Å². The van der Waals surface area contributed by atoms with Gasteiger partial charge in [0, 0.05) is 22.6 Å². The molecule has 1 nitrogen and oxygen atoms in total. The quantitative estimate of drug-likeness (QED) is 0.297. The van der Waals surface area contributed by atoms with Crippen LogP contribution in [0.2, 0.25) is 13.1 Å². The number of hydrogen-bond donors (Lipinski definition) is 0. The van der Waals surface area contributed by atoms with Crippen molar-refractivity contribution in [3.8, 4) is 16.8 Å². The van der Waals surface area contributed by atoms with E-state index in [9.17, 15) is 0 Å². The Morgan fingerprint density at radius 3 is 2.12 bits per heavy atom.